The van der Waals surface area contributed by atoms with Crippen LogP contribution in [0.1, 0.15) is 9.75 Å². The summed E-state index contributed by atoms with van der Waals surface area (Å²) in [4.78, 5) is 3.76. The number of hydrogen-bond acceptors (Lipinski definition) is 4. The van der Waals surface area contributed by atoms with Crippen LogP contribution in [0.15, 0.2) is 57.4 Å². The quantitative estimate of drug-likeness (QED) is 0.428. The molecule has 0 N–H and O–H groups in total. The van der Waals surface area contributed by atoms with Gasteiger partial charge in [0.05, 0.1) is 19.5 Å². The minimum atomic E-state index is 0.681. The van der Waals surface area contributed by atoms with Gasteiger partial charge in [-0.25, -0.2) is 0 Å². The van der Waals surface area contributed by atoms with Crippen LogP contribution in [0.4, 0.5) is 0 Å². The summed E-state index contributed by atoms with van der Waals surface area (Å²) in [5.41, 5.74) is 0. The Kier molecular flexibility index (Phi) is 3.63. The summed E-state index contributed by atoms with van der Waals surface area (Å²) in [6.45, 7) is 0. The fourth-order valence-electron chi connectivity index (χ4n) is 2.30. The third kappa shape index (κ3) is 2.59. The lowest BCUT2D eigenvalue weighted by Gasteiger charge is -1.93. The van der Waals surface area contributed by atoms with Crippen molar-refractivity contribution >= 4 is 22.7 Å². The molecule has 0 aliphatic rings. The van der Waals surface area contributed by atoms with Crippen molar-refractivity contribution in [3.05, 3.63) is 58.3 Å². The highest BCUT2D eigenvalue weighted by atomic mass is 32.1. The summed E-state index contributed by atoms with van der Waals surface area (Å²) in [6.07, 6.45) is 10.8. The van der Waals surface area contributed by atoms with E-state index in [2.05, 4.69) is 11.8 Å². The summed E-state index contributed by atoms with van der Waals surface area (Å²) >= 11 is 3.05. The van der Waals surface area contributed by atoms with Crippen LogP contribution < -0.4 is 0 Å². The molecule has 24 heavy (non-hydrogen) atoms. The van der Waals surface area contributed by atoms with Crippen molar-refractivity contribution in [1.29, 1.82) is 0 Å². The van der Waals surface area contributed by atoms with Gasteiger partial charge in [-0.2, -0.15) is 0 Å². The topological polar surface area (TPSA) is 26.3 Å². The van der Waals surface area contributed by atoms with Gasteiger partial charge in [-0.15, -0.1) is 35.5 Å². The summed E-state index contributed by atoms with van der Waals surface area (Å²) in [5, 5.41) is 0. The van der Waals surface area contributed by atoms with Gasteiger partial charge in [0.15, 0.2) is 11.5 Å². The van der Waals surface area contributed by atoms with E-state index in [1.165, 1.54) is 22.7 Å². The molecule has 0 amide bonds. The standard InChI is InChI=1S/C20H10O2S2/c1-3-13-5-11-19(23-13)17-9-7-15(21-17)16-8-10-18(22-16)20-12-6-14(4-2)24-20/h1-2,5-12H. The second kappa shape index (κ2) is 5.94. The molecule has 4 heteroatoms. The average Bonchev–Trinajstić information content (AvgIpc) is 3.40. The Morgan fingerprint density at radius 3 is 1.38 bits per heavy atom. The Morgan fingerprint density at radius 1 is 0.583 bits per heavy atom. The van der Waals surface area contributed by atoms with E-state index in [-0.39, 0.29) is 0 Å². The van der Waals surface area contributed by atoms with Crippen molar-refractivity contribution in [3.63, 3.8) is 0 Å². The molecular formula is C20H10O2S2. The zero-order valence-corrected chi connectivity index (χ0v) is 14.0. The normalized spacial score (nSPS) is 10.4. The highest BCUT2D eigenvalue weighted by Crippen LogP contribution is 2.36. The van der Waals surface area contributed by atoms with E-state index in [1.807, 2.05) is 48.5 Å². The highest BCUT2D eigenvalue weighted by Gasteiger charge is 2.13. The first-order valence-corrected chi connectivity index (χ1v) is 8.74. The van der Waals surface area contributed by atoms with Crippen molar-refractivity contribution in [2.24, 2.45) is 0 Å². The van der Waals surface area contributed by atoms with E-state index in [9.17, 15) is 0 Å². The van der Waals surface area contributed by atoms with Gasteiger partial charge in [0.2, 0.25) is 0 Å². The molecule has 4 aromatic heterocycles. The maximum atomic E-state index is 5.91. The second-order valence-electron chi connectivity index (χ2n) is 4.94. The Morgan fingerprint density at radius 2 is 1.00 bits per heavy atom. The molecule has 0 atom stereocenters. The number of rotatable bonds is 3. The molecule has 0 saturated heterocycles. The van der Waals surface area contributed by atoms with Gasteiger partial charge in [0.25, 0.3) is 0 Å². The molecule has 4 rings (SSSR count). The molecule has 4 aromatic rings. The molecule has 0 aliphatic heterocycles. The minimum absolute atomic E-state index is 0.681. The third-order valence-electron chi connectivity index (χ3n) is 3.44. The molecule has 0 aromatic carbocycles. The molecule has 0 aliphatic carbocycles. The van der Waals surface area contributed by atoms with Crippen LogP contribution in [0.25, 0.3) is 32.8 Å². The van der Waals surface area contributed by atoms with Gasteiger partial charge in [-0.3, -0.25) is 0 Å². The fraction of sp³-hybridized carbons (Fsp3) is 0. The second-order valence-corrected chi connectivity index (χ2v) is 7.11. The summed E-state index contributed by atoms with van der Waals surface area (Å²) in [7, 11) is 0. The molecule has 0 unspecified atom stereocenters. The first-order valence-electron chi connectivity index (χ1n) is 7.10. The van der Waals surface area contributed by atoms with Crippen molar-refractivity contribution in [1.82, 2.24) is 0 Å². The van der Waals surface area contributed by atoms with E-state index < -0.39 is 0 Å². The van der Waals surface area contributed by atoms with Gasteiger partial charge >= 0.3 is 0 Å². The number of terminal acetylenes is 2. The summed E-state index contributed by atoms with van der Waals surface area (Å²) < 4.78 is 11.8. The highest BCUT2D eigenvalue weighted by molar-refractivity contribution is 7.16. The maximum Gasteiger partial charge on any atom is 0.170 e. The largest absolute Gasteiger partial charge is 0.452 e. The molecule has 0 saturated carbocycles. The van der Waals surface area contributed by atoms with Gasteiger partial charge < -0.3 is 8.83 Å². The van der Waals surface area contributed by atoms with Gasteiger partial charge in [0.1, 0.15) is 11.5 Å². The van der Waals surface area contributed by atoms with E-state index >= 15 is 0 Å². The SMILES string of the molecule is C#Cc1ccc(-c2ccc(-c3ccc(-c4ccc(C#C)s4)o3)o2)s1. The van der Waals surface area contributed by atoms with Crippen LogP contribution in [-0.2, 0) is 0 Å². The van der Waals surface area contributed by atoms with Crippen LogP contribution in [0, 0.1) is 24.7 Å². The lowest BCUT2D eigenvalue weighted by molar-refractivity contribution is 0.540. The Bertz CT molecular complexity index is 1000. The molecule has 0 bridgehead atoms. The first kappa shape index (κ1) is 14.7. The van der Waals surface area contributed by atoms with Gasteiger partial charge in [0, 0.05) is 0 Å². The minimum Gasteiger partial charge on any atom is -0.452 e. The zero-order chi connectivity index (χ0) is 16.5. The Balaban J connectivity index is 1.63. The third-order valence-corrected chi connectivity index (χ3v) is 5.50. The average molecular weight is 346 g/mol. The number of hydrogen-bond donors (Lipinski definition) is 0. The van der Waals surface area contributed by atoms with Crippen molar-refractivity contribution in [2.45, 2.75) is 0 Å². The van der Waals surface area contributed by atoms with Crippen LogP contribution in [0.5, 0.6) is 0 Å². The fourth-order valence-corrected chi connectivity index (χ4v) is 3.86. The van der Waals surface area contributed by atoms with Crippen LogP contribution in [0.2, 0.25) is 0 Å². The van der Waals surface area contributed by atoms with Crippen LogP contribution in [0.3, 0.4) is 0 Å². The van der Waals surface area contributed by atoms with E-state index in [1.54, 1.807) is 0 Å². The molecule has 4 heterocycles. The Hall–Kier alpha value is -2.92. The monoisotopic (exact) mass is 346 g/mol. The van der Waals surface area contributed by atoms with Gasteiger partial charge in [-0.1, -0.05) is 11.8 Å². The van der Waals surface area contributed by atoms with Crippen molar-refractivity contribution in [2.75, 3.05) is 0 Å². The predicted octanol–water partition coefficient (Wildman–Crippen LogP) is 5.96. The lowest BCUT2D eigenvalue weighted by Crippen LogP contribution is -1.66. The van der Waals surface area contributed by atoms with Crippen LogP contribution >= 0.6 is 22.7 Å². The molecule has 0 spiro atoms. The molecule has 0 fully saturated rings. The number of furan rings is 2. The summed E-state index contributed by atoms with van der Waals surface area (Å²) in [6, 6.07) is 15.4. The summed E-state index contributed by atoms with van der Waals surface area (Å²) in [5.74, 6) is 8.18. The lowest BCUT2D eigenvalue weighted by atomic mass is 10.3. The first-order chi connectivity index (χ1) is 11.8. The van der Waals surface area contributed by atoms with E-state index in [4.69, 9.17) is 21.7 Å². The molecular weight excluding hydrogens is 336 g/mol. The molecule has 2 nitrogen and oxygen atoms in total. The van der Waals surface area contributed by atoms with E-state index in [0.29, 0.717) is 11.5 Å². The van der Waals surface area contributed by atoms with Crippen molar-refractivity contribution < 1.29 is 8.83 Å². The Labute approximate surface area is 147 Å². The smallest absolute Gasteiger partial charge is 0.170 e. The predicted molar refractivity (Wildman–Crippen MR) is 98.9 cm³/mol. The van der Waals surface area contributed by atoms with Crippen molar-refractivity contribution in [3.8, 4) is 57.5 Å². The zero-order valence-electron chi connectivity index (χ0n) is 12.4. The maximum absolute atomic E-state index is 5.91. The van der Waals surface area contributed by atoms with E-state index in [0.717, 1.165) is 31.0 Å². The molecule has 114 valence electrons. The van der Waals surface area contributed by atoms with Gasteiger partial charge in [-0.05, 0) is 48.5 Å². The molecule has 0 radical (unpaired) electrons. The number of thiophene rings is 2. The van der Waals surface area contributed by atoms with Crippen LogP contribution in [-0.4, -0.2) is 0 Å².